The lowest BCUT2D eigenvalue weighted by molar-refractivity contribution is -0.146. The SMILES string of the molecule is Cc1ccc(C)c(C(=O)[C@@H](C)OC(=O)CCN=C2NS(=O)(=O)c3ccccc32)c1. The van der Waals surface area contributed by atoms with E-state index in [4.69, 9.17) is 4.74 Å². The molecule has 0 aliphatic carbocycles. The van der Waals surface area contributed by atoms with Gasteiger partial charge < -0.3 is 4.74 Å². The van der Waals surface area contributed by atoms with Crippen molar-refractivity contribution in [1.29, 1.82) is 0 Å². The quantitative estimate of drug-likeness (QED) is 0.578. The molecule has 0 unspecified atom stereocenters. The van der Waals surface area contributed by atoms with E-state index in [1.807, 2.05) is 26.0 Å². The summed E-state index contributed by atoms with van der Waals surface area (Å²) < 4.78 is 31.7. The van der Waals surface area contributed by atoms with Crippen LogP contribution in [0.3, 0.4) is 0 Å². The van der Waals surface area contributed by atoms with Crippen LogP contribution in [0, 0.1) is 13.8 Å². The Morgan fingerprint density at radius 2 is 1.86 bits per heavy atom. The molecule has 0 saturated carbocycles. The van der Waals surface area contributed by atoms with Gasteiger partial charge in [-0.1, -0.05) is 29.8 Å². The van der Waals surface area contributed by atoms with Gasteiger partial charge in [0.05, 0.1) is 17.9 Å². The van der Waals surface area contributed by atoms with Crippen molar-refractivity contribution in [3.05, 3.63) is 64.7 Å². The predicted molar refractivity (Wildman–Crippen MR) is 109 cm³/mol. The molecule has 0 spiro atoms. The zero-order chi connectivity index (χ0) is 21.2. The topological polar surface area (TPSA) is 102 Å². The van der Waals surface area contributed by atoms with Crippen molar-refractivity contribution in [2.45, 2.75) is 38.2 Å². The number of Topliss-reactive ketones (excluding diaryl/α,β-unsaturated/α-hetero) is 1. The summed E-state index contributed by atoms with van der Waals surface area (Å²) in [5.41, 5.74) is 2.77. The van der Waals surface area contributed by atoms with Gasteiger partial charge in [-0.3, -0.25) is 19.3 Å². The van der Waals surface area contributed by atoms with E-state index in [1.165, 1.54) is 13.0 Å². The molecule has 29 heavy (non-hydrogen) atoms. The van der Waals surface area contributed by atoms with Crippen LogP contribution in [0.2, 0.25) is 0 Å². The van der Waals surface area contributed by atoms with Crippen molar-refractivity contribution in [2.75, 3.05) is 6.54 Å². The summed E-state index contributed by atoms with van der Waals surface area (Å²) in [6.45, 7) is 5.30. The molecule has 152 valence electrons. The molecule has 3 rings (SSSR count). The number of amidine groups is 1. The summed E-state index contributed by atoms with van der Waals surface area (Å²) in [4.78, 5) is 29.0. The Morgan fingerprint density at radius 3 is 2.62 bits per heavy atom. The number of hydrogen-bond donors (Lipinski definition) is 1. The molecule has 2 aromatic carbocycles. The van der Waals surface area contributed by atoms with Crippen molar-refractivity contribution < 1.29 is 22.7 Å². The zero-order valence-corrected chi connectivity index (χ0v) is 17.2. The Kier molecular flexibility index (Phi) is 5.83. The van der Waals surface area contributed by atoms with Crippen LogP contribution in [-0.4, -0.2) is 38.7 Å². The van der Waals surface area contributed by atoms with E-state index in [0.717, 1.165) is 11.1 Å². The van der Waals surface area contributed by atoms with E-state index < -0.39 is 22.1 Å². The van der Waals surface area contributed by atoms with Crippen molar-refractivity contribution in [2.24, 2.45) is 4.99 Å². The molecule has 1 aliphatic rings. The average molecular weight is 414 g/mol. The van der Waals surface area contributed by atoms with Gasteiger partial charge in [-0.05, 0) is 44.5 Å². The number of aryl methyl sites for hydroxylation is 2. The van der Waals surface area contributed by atoms with Crippen LogP contribution in [0.5, 0.6) is 0 Å². The van der Waals surface area contributed by atoms with Gasteiger partial charge in [0, 0.05) is 11.1 Å². The number of sulfonamides is 1. The summed E-state index contributed by atoms with van der Waals surface area (Å²) in [5.74, 6) is -0.633. The molecule has 0 saturated heterocycles. The molecule has 1 atom stereocenters. The zero-order valence-electron chi connectivity index (χ0n) is 16.4. The molecule has 0 amide bonds. The molecule has 0 aromatic heterocycles. The molecular weight excluding hydrogens is 392 g/mol. The van der Waals surface area contributed by atoms with Crippen LogP contribution >= 0.6 is 0 Å². The Labute approximate surface area is 169 Å². The van der Waals surface area contributed by atoms with E-state index in [-0.39, 0.29) is 29.5 Å². The van der Waals surface area contributed by atoms with Crippen LogP contribution in [-0.2, 0) is 19.6 Å². The highest BCUT2D eigenvalue weighted by atomic mass is 32.2. The number of nitrogens with one attached hydrogen (secondary N) is 1. The van der Waals surface area contributed by atoms with Gasteiger partial charge in [0.25, 0.3) is 10.0 Å². The average Bonchev–Trinajstić information content (AvgIpc) is 2.94. The Hall–Kier alpha value is -3.00. The van der Waals surface area contributed by atoms with Crippen molar-refractivity contribution in [3.8, 4) is 0 Å². The van der Waals surface area contributed by atoms with Gasteiger partial charge >= 0.3 is 5.97 Å². The molecule has 0 radical (unpaired) electrons. The minimum atomic E-state index is -3.62. The van der Waals surface area contributed by atoms with Gasteiger partial charge in [0.1, 0.15) is 5.84 Å². The number of carbonyl (C=O) groups excluding carboxylic acids is 2. The number of ketones is 1. The first-order valence-corrected chi connectivity index (χ1v) is 10.6. The fraction of sp³-hybridized carbons (Fsp3) is 0.286. The van der Waals surface area contributed by atoms with E-state index in [0.29, 0.717) is 11.1 Å². The third-order valence-corrected chi connectivity index (χ3v) is 5.98. The lowest BCUT2D eigenvalue weighted by Gasteiger charge is -2.14. The number of esters is 1. The van der Waals surface area contributed by atoms with Gasteiger partial charge in [-0.2, -0.15) is 0 Å². The molecule has 1 aliphatic heterocycles. The normalized spacial score (nSPS) is 16.7. The number of hydrogen-bond acceptors (Lipinski definition) is 6. The highest BCUT2D eigenvalue weighted by molar-refractivity contribution is 7.90. The van der Waals surface area contributed by atoms with Crippen LogP contribution in [0.4, 0.5) is 0 Å². The molecule has 8 heteroatoms. The molecule has 7 nitrogen and oxygen atoms in total. The third kappa shape index (κ3) is 4.54. The maximum atomic E-state index is 12.6. The summed E-state index contributed by atoms with van der Waals surface area (Å²) in [6.07, 6.45) is -0.987. The highest BCUT2D eigenvalue weighted by Crippen LogP contribution is 2.22. The standard InChI is InChI=1S/C21H22N2O5S/c1-13-8-9-14(2)17(12-13)20(25)15(3)28-19(24)10-11-22-21-16-6-4-5-7-18(16)29(26,27)23-21/h4-9,12,15H,10-11H2,1-3H3,(H,22,23)/t15-/m1/s1. The first-order chi connectivity index (χ1) is 13.7. The van der Waals surface area contributed by atoms with E-state index in [2.05, 4.69) is 9.71 Å². The number of carbonyl (C=O) groups is 2. The number of ether oxygens (including phenoxy) is 1. The summed E-state index contributed by atoms with van der Waals surface area (Å²) >= 11 is 0. The van der Waals surface area contributed by atoms with Crippen LogP contribution in [0.25, 0.3) is 0 Å². The third-order valence-electron chi connectivity index (χ3n) is 4.58. The first-order valence-electron chi connectivity index (χ1n) is 9.16. The van der Waals surface area contributed by atoms with E-state index in [9.17, 15) is 18.0 Å². The molecule has 1 N–H and O–H groups in total. The minimum absolute atomic E-state index is 0.0371. The summed E-state index contributed by atoms with van der Waals surface area (Å²) in [5, 5.41) is 0. The van der Waals surface area contributed by atoms with Gasteiger partial charge in [-0.15, -0.1) is 0 Å². The number of rotatable bonds is 6. The fourth-order valence-electron chi connectivity index (χ4n) is 3.04. The Balaban J connectivity index is 1.60. The van der Waals surface area contributed by atoms with Crippen molar-refractivity contribution in [1.82, 2.24) is 4.72 Å². The molecular formula is C21H22N2O5S. The lowest BCUT2D eigenvalue weighted by atomic mass is 9.99. The molecule has 0 bridgehead atoms. The summed E-state index contributed by atoms with van der Waals surface area (Å²) in [7, 11) is -3.62. The predicted octanol–water partition coefficient (Wildman–Crippen LogP) is 2.55. The van der Waals surface area contributed by atoms with Gasteiger partial charge in [-0.25, -0.2) is 8.42 Å². The second-order valence-corrected chi connectivity index (χ2v) is 8.55. The van der Waals surface area contributed by atoms with Gasteiger partial charge in [0.2, 0.25) is 5.78 Å². The molecule has 1 heterocycles. The molecule has 2 aromatic rings. The number of benzene rings is 2. The van der Waals surface area contributed by atoms with Crippen molar-refractivity contribution in [3.63, 3.8) is 0 Å². The van der Waals surface area contributed by atoms with Crippen LogP contribution in [0.15, 0.2) is 52.4 Å². The lowest BCUT2D eigenvalue weighted by Crippen LogP contribution is -2.26. The Morgan fingerprint density at radius 1 is 1.14 bits per heavy atom. The first kappa shape index (κ1) is 20.7. The number of fused-ring (bicyclic) bond motifs is 1. The van der Waals surface area contributed by atoms with Crippen LogP contribution < -0.4 is 4.72 Å². The van der Waals surface area contributed by atoms with Crippen molar-refractivity contribution >= 4 is 27.6 Å². The van der Waals surface area contributed by atoms with Crippen LogP contribution in [0.1, 0.15) is 40.4 Å². The monoisotopic (exact) mass is 414 g/mol. The second kappa shape index (κ2) is 8.16. The molecule has 0 fully saturated rings. The smallest absolute Gasteiger partial charge is 0.308 e. The summed E-state index contributed by atoms with van der Waals surface area (Å²) in [6, 6.07) is 12.0. The number of nitrogens with zero attached hydrogens (tertiary/aromatic N) is 1. The van der Waals surface area contributed by atoms with E-state index >= 15 is 0 Å². The van der Waals surface area contributed by atoms with Gasteiger partial charge in [0.15, 0.2) is 6.10 Å². The number of aliphatic imine (C=N–C) groups is 1. The van der Waals surface area contributed by atoms with E-state index in [1.54, 1.807) is 24.3 Å². The fourth-order valence-corrected chi connectivity index (χ4v) is 4.29. The Bertz CT molecular complexity index is 1110. The maximum Gasteiger partial charge on any atom is 0.308 e. The minimum Gasteiger partial charge on any atom is -0.454 e. The second-order valence-electron chi connectivity index (χ2n) is 6.90. The maximum absolute atomic E-state index is 12.6. The highest BCUT2D eigenvalue weighted by Gasteiger charge is 2.30. The largest absolute Gasteiger partial charge is 0.454 e.